The average molecular weight is 213 g/mol. The van der Waals surface area contributed by atoms with Gasteiger partial charge >= 0.3 is 0 Å². The zero-order valence-corrected chi connectivity index (χ0v) is 10.1. The zero-order chi connectivity index (χ0) is 10.2. The van der Waals surface area contributed by atoms with Crippen molar-refractivity contribution in [2.75, 3.05) is 12.3 Å². The van der Waals surface area contributed by atoms with Gasteiger partial charge in [-0.15, -0.1) is 6.58 Å². The Labute approximate surface area is 92.7 Å². The van der Waals surface area contributed by atoms with Crippen LogP contribution in [0.3, 0.4) is 0 Å². The van der Waals surface area contributed by atoms with Crippen molar-refractivity contribution >= 4 is 11.8 Å². The van der Waals surface area contributed by atoms with E-state index in [1.807, 2.05) is 6.08 Å². The number of thioether (sulfide) groups is 1. The van der Waals surface area contributed by atoms with Crippen molar-refractivity contribution in [3.63, 3.8) is 0 Å². The first-order chi connectivity index (χ1) is 6.86. The summed E-state index contributed by atoms with van der Waals surface area (Å²) in [6.07, 6.45) is 8.92. The SMILES string of the molecule is C=CCC(CSC1CCCC1)NCC. The number of hydrogen-bond acceptors (Lipinski definition) is 2. The maximum Gasteiger partial charge on any atom is 0.0192 e. The van der Waals surface area contributed by atoms with Crippen LogP contribution in [0, 0.1) is 0 Å². The van der Waals surface area contributed by atoms with Crippen LogP contribution in [0.15, 0.2) is 12.7 Å². The van der Waals surface area contributed by atoms with E-state index in [-0.39, 0.29) is 0 Å². The minimum absolute atomic E-state index is 0.642. The van der Waals surface area contributed by atoms with Crippen LogP contribution in [0.25, 0.3) is 0 Å². The normalized spacial score (nSPS) is 19.8. The summed E-state index contributed by atoms with van der Waals surface area (Å²) in [6.45, 7) is 7.06. The molecule has 0 bridgehead atoms. The van der Waals surface area contributed by atoms with Crippen LogP contribution in [0.5, 0.6) is 0 Å². The maximum absolute atomic E-state index is 3.81. The van der Waals surface area contributed by atoms with Gasteiger partial charge in [0.15, 0.2) is 0 Å². The molecule has 1 nitrogen and oxygen atoms in total. The Balaban J connectivity index is 2.13. The number of hydrogen-bond donors (Lipinski definition) is 1. The van der Waals surface area contributed by atoms with Gasteiger partial charge in [0.1, 0.15) is 0 Å². The van der Waals surface area contributed by atoms with Gasteiger partial charge in [0, 0.05) is 17.0 Å². The van der Waals surface area contributed by atoms with Gasteiger partial charge in [0.05, 0.1) is 0 Å². The van der Waals surface area contributed by atoms with E-state index in [2.05, 4.69) is 30.6 Å². The quantitative estimate of drug-likeness (QED) is 0.652. The fraction of sp³-hybridized carbons (Fsp3) is 0.833. The predicted molar refractivity (Wildman–Crippen MR) is 67.0 cm³/mol. The van der Waals surface area contributed by atoms with E-state index in [1.165, 1.54) is 31.4 Å². The van der Waals surface area contributed by atoms with Gasteiger partial charge in [-0.3, -0.25) is 0 Å². The predicted octanol–water partition coefficient (Wildman–Crippen LogP) is 3.22. The molecular formula is C12H23NS. The largest absolute Gasteiger partial charge is 0.313 e. The van der Waals surface area contributed by atoms with E-state index in [1.54, 1.807) is 0 Å². The second kappa shape index (κ2) is 7.36. The molecule has 0 aromatic rings. The van der Waals surface area contributed by atoms with Crippen LogP contribution in [0.4, 0.5) is 0 Å². The molecule has 1 atom stereocenters. The van der Waals surface area contributed by atoms with Crippen LogP contribution in [-0.4, -0.2) is 23.6 Å². The van der Waals surface area contributed by atoms with E-state index in [4.69, 9.17) is 0 Å². The first-order valence-electron chi connectivity index (χ1n) is 5.82. The van der Waals surface area contributed by atoms with E-state index in [0.717, 1.165) is 18.2 Å². The molecule has 0 amide bonds. The second-order valence-corrected chi connectivity index (χ2v) is 5.35. The lowest BCUT2D eigenvalue weighted by atomic mass is 10.2. The van der Waals surface area contributed by atoms with Gasteiger partial charge in [-0.1, -0.05) is 25.8 Å². The molecule has 1 saturated carbocycles. The Bertz CT molecular complexity index is 152. The highest BCUT2D eigenvalue weighted by Gasteiger charge is 2.16. The molecule has 2 heteroatoms. The molecule has 0 spiro atoms. The zero-order valence-electron chi connectivity index (χ0n) is 9.30. The van der Waals surface area contributed by atoms with E-state index >= 15 is 0 Å². The minimum atomic E-state index is 0.642. The Hall–Kier alpha value is 0.0500. The highest BCUT2D eigenvalue weighted by Crippen LogP contribution is 2.29. The molecular weight excluding hydrogens is 190 g/mol. The molecule has 0 radical (unpaired) electrons. The van der Waals surface area contributed by atoms with Crippen LogP contribution in [-0.2, 0) is 0 Å². The third-order valence-corrected chi connectivity index (χ3v) is 4.32. The molecule has 0 heterocycles. The van der Waals surface area contributed by atoms with Crippen molar-refractivity contribution in [3.05, 3.63) is 12.7 Å². The molecule has 0 aromatic heterocycles. The van der Waals surface area contributed by atoms with Gasteiger partial charge in [-0.25, -0.2) is 0 Å². The summed E-state index contributed by atoms with van der Waals surface area (Å²) in [6, 6.07) is 0.642. The van der Waals surface area contributed by atoms with Crippen molar-refractivity contribution < 1.29 is 0 Å². The van der Waals surface area contributed by atoms with Crippen molar-refractivity contribution in [1.82, 2.24) is 5.32 Å². The van der Waals surface area contributed by atoms with Crippen LogP contribution in [0.1, 0.15) is 39.0 Å². The highest BCUT2D eigenvalue weighted by atomic mass is 32.2. The molecule has 1 aliphatic rings. The third-order valence-electron chi connectivity index (χ3n) is 2.78. The summed E-state index contributed by atoms with van der Waals surface area (Å²) in [7, 11) is 0. The van der Waals surface area contributed by atoms with Crippen molar-refractivity contribution in [1.29, 1.82) is 0 Å². The Morgan fingerprint density at radius 3 is 2.79 bits per heavy atom. The van der Waals surface area contributed by atoms with Crippen molar-refractivity contribution in [2.45, 2.75) is 50.3 Å². The van der Waals surface area contributed by atoms with E-state index in [0.29, 0.717) is 6.04 Å². The van der Waals surface area contributed by atoms with Gasteiger partial charge in [-0.05, 0) is 25.8 Å². The van der Waals surface area contributed by atoms with E-state index < -0.39 is 0 Å². The summed E-state index contributed by atoms with van der Waals surface area (Å²) < 4.78 is 0. The van der Waals surface area contributed by atoms with Crippen molar-refractivity contribution in [2.24, 2.45) is 0 Å². The Morgan fingerprint density at radius 1 is 1.50 bits per heavy atom. The van der Waals surface area contributed by atoms with Gasteiger partial charge in [0.2, 0.25) is 0 Å². The Kier molecular flexibility index (Phi) is 6.37. The van der Waals surface area contributed by atoms with Crippen molar-refractivity contribution in [3.8, 4) is 0 Å². The smallest absolute Gasteiger partial charge is 0.0192 e. The van der Waals surface area contributed by atoms with Crippen LogP contribution < -0.4 is 5.32 Å². The molecule has 0 aliphatic heterocycles. The lowest BCUT2D eigenvalue weighted by Gasteiger charge is -2.17. The molecule has 1 N–H and O–H groups in total. The molecule has 1 fully saturated rings. The minimum Gasteiger partial charge on any atom is -0.313 e. The van der Waals surface area contributed by atoms with Gasteiger partial charge in [0.25, 0.3) is 0 Å². The first kappa shape index (κ1) is 12.1. The monoisotopic (exact) mass is 213 g/mol. The number of rotatable bonds is 7. The molecule has 82 valence electrons. The summed E-state index contributed by atoms with van der Waals surface area (Å²) in [4.78, 5) is 0. The average Bonchev–Trinajstić information content (AvgIpc) is 2.67. The lowest BCUT2D eigenvalue weighted by Crippen LogP contribution is -2.31. The summed E-state index contributed by atoms with van der Waals surface area (Å²) in [5, 5.41) is 4.46. The molecule has 1 aliphatic carbocycles. The van der Waals surface area contributed by atoms with E-state index in [9.17, 15) is 0 Å². The fourth-order valence-electron chi connectivity index (χ4n) is 2.01. The van der Waals surface area contributed by atoms with Gasteiger partial charge in [-0.2, -0.15) is 11.8 Å². The molecule has 14 heavy (non-hydrogen) atoms. The topological polar surface area (TPSA) is 12.0 Å². The summed E-state index contributed by atoms with van der Waals surface area (Å²) >= 11 is 2.16. The maximum atomic E-state index is 3.81. The third kappa shape index (κ3) is 4.52. The standard InChI is InChI=1S/C12H23NS/c1-3-7-11(13-4-2)10-14-12-8-5-6-9-12/h3,11-13H,1,4-10H2,2H3. The fourth-order valence-corrected chi connectivity index (χ4v) is 3.43. The van der Waals surface area contributed by atoms with Crippen LogP contribution >= 0.6 is 11.8 Å². The summed E-state index contributed by atoms with van der Waals surface area (Å²) in [5.41, 5.74) is 0. The number of nitrogens with one attached hydrogen (secondary N) is 1. The summed E-state index contributed by atoms with van der Waals surface area (Å²) in [5.74, 6) is 1.25. The molecule has 0 aromatic carbocycles. The Morgan fingerprint density at radius 2 is 2.21 bits per heavy atom. The molecule has 1 unspecified atom stereocenters. The lowest BCUT2D eigenvalue weighted by molar-refractivity contribution is 0.581. The highest BCUT2D eigenvalue weighted by molar-refractivity contribution is 7.99. The first-order valence-corrected chi connectivity index (χ1v) is 6.87. The van der Waals surface area contributed by atoms with Gasteiger partial charge < -0.3 is 5.32 Å². The van der Waals surface area contributed by atoms with Crippen LogP contribution in [0.2, 0.25) is 0 Å². The second-order valence-electron chi connectivity index (χ2n) is 4.02. The molecule has 1 rings (SSSR count). The molecule has 0 saturated heterocycles.